The maximum absolute atomic E-state index is 12.2. The molecule has 0 aliphatic carbocycles. The number of benzene rings is 1. The number of aliphatic hydroxyl groups is 1. The number of aryl methyl sites for hydroxylation is 1. The number of hydrogen-bond donors (Lipinski definition) is 2. The van der Waals surface area contributed by atoms with Crippen LogP contribution >= 0.6 is 0 Å². The Labute approximate surface area is 128 Å². The fourth-order valence-electron chi connectivity index (χ4n) is 2.23. The van der Waals surface area contributed by atoms with Crippen LogP contribution in [0.25, 0.3) is 0 Å². The molecule has 1 aromatic carbocycles. The largest absolute Gasteiger partial charge is 0.396 e. The lowest BCUT2D eigenvalue weighted by molar-refractivity contribution is -0.117. The summed E-state index contributed by atoms with van der Waals surface area (Å²) in [4.78, 5) is 14.3. The minimum Gasteiger partial charge on any atom is -0.396 e. The first kappa shape index (κ1) is 17.7. The standard InChI is InChI=1S/C17H28N2O2/c1-4-5-10-19(11-7-12-20)13-17(21)18-16-9-6-8-14(2)15(16)3/h6,8-9,20H,4-5,7,10-13H2,1-3H3,(H,18,21). The maximum atomic E-state index is 12.2. The molecule has 0 spiro atoms. The van der Waals surface area contributed by atoms with Gasteiger partial charge in [-0.05, 0) is 50.4 Å². The SMILES string of the molecule is CCCCN(CCCO)CC(=O)Nc1cccc(C)c1C. The van der Waals surface area contributed by atoms with Crippen molar-refractivity contribution in [3.8, 4) is 0 Å². The molecule has 0 fully saturated rings. The van der Waals surface area contributed by atoms with Crippen molar-refractivity contribution >= 4 is 11.6 Å². The van der Waals surface area contributed by atoms with E-state index in [0.717, 1.165) is 37.2 Å². The third kappa shape index (κ3) is 6.27. The number of carbonyl (C=O) groups excluding carboxylic acids is 1. The zero-order chi connectivity index (χ0) is 15.7. The molecule has 0 saturated heterocycles. The molecule has 1 amide bonds. The molecule has 4 heteroatoms. The second-order valence-corrected chi connectivity index (χ2v) is 5.50. The lowest BCUT2D eigenvalue weighted by Crippen LogP contribution is -2.35. The van der Waals surface area contributed by atoms with Crippen molar-refractivity contribution in [3.63, 3.8) is 0 Å². The van der Waals surface area contributed by atoms with Crippen molar-refractivity contribution in [2.75, 3.05) is 31.6 Å². The van der Waals surface area contributed by atoms with Gasteiger partial charge in [-0.25, -0.2) is 0 Å². The molecule has 118 valence electrons. The molecule has 0 radical (unpaired) electrons. The minimum atomic E-state index is 0.0118. The fourth-order valence-corrected chi connectivity index (χ4v) is 2.23. The van der Waals surface area contributed by atoms with E-state index in [0.29, 0.717) is 13.0 Å². The Morgan fingerprint density at radius 1 is 1.24 bits per heavy atom. The molecule has 0 saturated carbocycles. The molecule has 0 heterocycles. The first-order chi connectivity index (χ1) is 10.1. The highest BCUT2D eigenvalue weighted by molar-refractivity contribution is 5.93. The van der Waals surface area contributed by atoms with Crippen LogP contribution in [0.5, 0.6) is 0 Å². The van der Waals surface area contributed by atoms with Crippen LogP contribution in [-0.2, 0) is 4.79 Å². The van der Waals surface area contributed by atoms with E-state index >= 15 is 0 Å². The van der Waals surface area contributed by atoms with Gasteiger partial charge in [-0.1, -0.05) is 25.5 Å². The van der Waals surface area contributed by atoms with Gasteiger partial charge in [0.15, 0.2) is 0 Å². The van der Waals surface area contributed by atoms with E-state index in [1.54, 1.807) is 0 Å². The summed E-state index contributed by atoms with van der Waals surface area (Å²) in [6.45, 7) is 8.41. The van der Waals surface area contributed by atoms with E-state index in [4.69, 9.17) is 5.11 Å². The number of nitrogens with zero attached hydrogens (tertiary/aromatic N) is 1. The Kier molecular flexibility index (Phi) is 8.01. The molecule has 4 nitrogen and oxygen atoms in total. The molecule has 0 unspecified atom stereocenters. The van der Waals surface area contributed by atoms with E-state index < -0.39 is 0 Å². The predicted molar refractivity (Wildman–Crippen MR) is 87.6 cm³/mol. The van der Waals surface area contributed by atoms with Crippen molar-refractivity contribution in [3.05, 3.63) is 29.3 Å². The second-order valence-electron chi connectivity index (χ2n) is 5.50. The third-order valence-corrected chi connectivity index (χ3v) is 3.71. The lowest BCUT2D eigenvalue weighted by atomic mass is 10.1. The van der Waals surface area contributed by atoms with Crippen molar-refractivity contribution in [1.82, 2.24) is 4.90 Å². The lowest BCUT2D eigenvalue weighted by Gasteiger charge is -2.21. The highest BCUT2D eigenvalue weighted by Gasteiger charge is 2.11. The summed E-state index contributed by atoms with van der Waals surface area (Å²) in [6.07, 6.45) is 2.89. The van der Waals surface area contributed by atoms with Gasteiger partial charge < -0.3 is 10.4 Å². The maximum Gasteiger partial charge on any atom is 0.238 e. The van der Waals surface area contributed by atoms with Crippen molar-refractivity contribution in [2.45, 2.75) is 40.0 Å². The summed E-state index contributed by atoms with van der Waals surface area (Å²) in [5.41, 5.74) is 3.18. The van der Waals surface area contributed by atoms with Gasteiger partial charge in [0.25, 0.3) is 0 Å². The summed E-state index contributed by atoms with van der Waals surface area (Å²) in [5, 5.41) is 11.9. The molecule has 1 rings (SSSR count). The van der Waals surface area contributed by atoms with Gasteiger partial charge in [-0.2, -0.15) is 0 Å². The van der Waals surface area contributed by atoms with E-state index in [9.17, 15) is 4.79 Å². The molecule has 0 aromatic heterocycles. The normalized spacial score (nSPS) is 10.9. The van der Waals surface area contributed by atoms with E-state index in [1.807, 2.05) is 32.0 Å². The predicted octanol–water partition coefficient (Wildman–Crippen LogP) is 2.73. The van der Waals surface area contributed by atoms with Crippen LogP contribution in [-0.4, -0.2) is 42.2 Å². The van der Waals surface area contributed by atoms with Crippen LogP contribution < -0.4 is 5.32 Å². The first-order valence-electron chi connectivity index (χ1n) is 7.77. The second kappa shape index (κ2) is 9.53. The van der Waals surface area contributed by atoms with Crippen LogP contribution in [0.1, 0.15) is 37.3 Å². The number of carbonyl (C=O) groups is 1. The van der Waals surface area contributed by atoms with Crippen molar-refractivity contribution in [2.24, 2.45) is 0 Å². The zero-order valence-electron chi connectivity index (χ0n) is 13.5. The number of anilines is 1. The van der Waals surface area contributed by atoms with Gasteiger partial charge in [0.1, 0.15) is 0 Å². The summed E-state index contributed by atoms with van der Waals surface area (Å²) >= 11 is 0. The molecule has 21 heavy (non-hydrogen) atoms. The van der Waals surface area contributed by atoms with Crippen LogP contribution in [0.2, 0.25) is 0 Å². The van der Waals surface area contributed by atoms with Gasteiger partial charge in [-0.15, -0.1) is 0 Å². The average Bonchev–Trinajstić information content (AvgIpc) is 2.46. The molecule has 0 aliphatic rings. The van der Waals surface area contributed by atoms with Gasteiger partial charge in [0, 0.05) is 18.8 Å². The van der Waals surface area contributed by atoms with Crippen molar-refractivity contribution < 1.29 is 9.90 Å². The zero-order valence-corrected chi connectivity index (χ0v) is 13.5. The van der Waals surface area contributed by atoms with Gasteiger partial charge in [0.2, 0.25) is 5.91 Å². The van der Waals surface area contributed by atoms with E-state index in [2.05, 4.69) is 17.1 Å². The summed E-state index contributed by atoms with van der Waals surface area (Å²) in [6, 6.07) is 5.93. The minimum absolute atomic E-state index is 0.0118. The number of amides is 1. The Bertz CT molecular complexity index is 438. The van der Waals surface area contributed by atoms with Crippen LogP contribution in [0, 0.1) is 13.8 Å². The Hall–Kier alpha value is -1.39. The molecular weight excluding hydrogens is 264 g/mol. The fraction of sp³-hybridized carbons (Fsp3) is 0.588. The monoisotopic (exact) mass is 292 g/mol. The van der Waals surface area contributed by atoms with Crippen LogP contribution in [0.3, 0.4) is 0 Å². The number of aliphatic hydroxyl groups excluding tert-OH is 1. The summed E-state index contributed by atoms with van der Waals surface area (Å²) < 4.78 is 0. The Morgan fingerprint density at radius 3 is 2.62 bits per heavy atom. The molecule has 0 aliphatic heterocycles. The van der Waals surface area contributed by atoms with E-state index in [-0.39, 0.29) is 12.5 Å². The van der Waals surface area contributed by atoms with Crippen molar-refractivity contribution in [1.29, 1.82) is 0 Å². The smallest absolute Gasteiger partial charge is 0.238 e. The molecule has 0 atom stereocenters. The average molecular weight is 292 g/mol. The number of rotatable bonds is 9. The summed E-state index contributed by atoms with van der Waals surface area (Å²) in [5.74, 6) is 0.0118. The first-order valence-corrected chi connectivity index (χ1v) is 7.77. The summed E-state index contributed by atoms with van der Waals surface area (Å²) in [7, 11) is 0. The number of nitrogens with one attached hydrogen (secondary N) is 1. The van der Waals surface area contributed by atoms with Gasteiger partial charge in [0.05, 0.1) is 6.54 Å². The topological polar surface area (TPSA) is 52.6 Å². The Morgan fingerprint density at radius 2 is 1.95 bits per heavy atom. The molecule has 2 N–H and O–H groups in total. The van der Waals surface area contributed by atoms with Crippen LogP contribution in [0.15, 0.2) is 18.2 Å². The third-order valence-electron chi connectivity index (χ3n) is 3.71. The molecular formula is C17H28N2O2. The molecule has 1 aromatic rings. The van der Waals surface area contributed by atoms with Gasteiger partial charge >= 0.3 is 0 Å². The quantitative estimate of drug-likeness (QED) is 0.736. The van der Waals surface area contributed by atoms with Gasteiger partial charge in [-0.3, -0.25) is 9.69 Å². The van der Waals surface area contributed by atoms with E-state index in [1.165, 1.54) is 5.56 Å². The highest BCUT2D eigenvalue weighted by Crippen LogP contribution is 2.17. The number of hydrogen-bond acceptors (Lipinski definition) is 3. The highest BCUT2D eigenvalue weighted by atomic mass is 16.3. The Balaban J connectivity index is 2.57. The molecule has 0 bridgehead atoms. The number of unbranched alkanes of at least 4 members (excludes halogenated alkanes) is 1. The van der Waals surface area contributed by atoms with Crippen LogP contribution in [0.4, 0.5) is 5.69 Å².